The van der Waals surface area contributed by atoms with Crippen LogP contribution in [-0.4, -0.2) is 0 Å². The number of hydrogen-bond donors (Lipinski definition) is 0. The summed E-state index contributed by atoms with van der Waals surface area (Å²) < 4.78 is 2.67. The number of azo groups is 1. The Morgan fingerprint density at radius 2 is 1.89 bits per heavy atom. The van der Waals surface area contributed by atoms with E-state index in [0.717, 1.165) is 38.4 Å². The average molecular weight is 459 g/mol. The number of nitrogens with zero attached hydrogens (tertiary/aromatic N) is 2. The van der Waals surface area contributed by atoms with Gasteiger partial charge >= 0.3 is 0 Å². The van der Waals surface area contributed by atoms with E-state index in [-0.39, 0.29) is 0 Å². The van der Waals surface area contributed by atoms with Gasteiger partial charge in [-0.05, 0) is 62.9 Å². The Kier molecular flexibility index (Phi) is 7.68. The minimum Gasteiger partial charge on any atom is -0.147 e. The fraction of sp³-hybridized carbons (Fsp3) is 0.333. The van der Waals surface area contributed by atoms with Crippen LogP contribution >= 0.6 is 59.4 Å². The Labute approximate surface area is 137 Å². The monoisotopic (exact) mass is 456 g/mol. The molecule has 6 heteroatoms. The highest BCUT2D eigenvalue weighted by Crippen LogP contribution is 2.37. The second-order valence-corrected chi connectivity index (χ2v) is 6.60. The zero-order valence-corrected chi connectivity index (χ0v) is 15.3. The van der Waals surface area contributed by atoms with Crippen LogP contribution in [-0.2, 0) is 0 Å². The summed E-state index contributed by atoms with van der Waals surface area (Å²) in [5.74, 6) is 0. The Morgan fingerprint density at radius 3 is 2.44 bits per heavy atom. The topological polar surface area (TPSA) is 24.7 Å². The third kappa shape index (κ3) is 5.51. The summed E-state index contributed by atoms with van der Waals surface area (Å²) in [5, 5.41) is 8.55. The van der Waals surface area contributed by atoms with E-state index >= 15 is 0 Å². The molecular weight excluding hydrogens is 447 g/mol. The first-order valence-corrected chi connectivity index (χ1v) is 8.22. The molecule has 1 aromatic carbocycles. The third-order valence-electron chi connectivity index (χ3n) is 2.10. The van der Waals surface area contributed by atoms with E-state index in [1.165, 1.54) is 0 Å². The summed E-state index contributed by atoms with van der Waals surface area (Å²) in [6.07, 6.45) is 5.06. The van der Waals surface area contributed by atoms with Gasteiger partial charge in [0.15, 0.2) is 0 Å². The number of allylic oxidation sites excluding steroid dienone is 1. The van der Waals surface area contributed by atoms with Crippen molar-refractivity contribution in [1.29, 1.82) is 0 Å². The molecule has 0 atom stereocenters. The van der Waals surface area contributed by atoms with Crippen LogP contribution in [0.5, 0.6) is 0 Å². The molecule has 0 radical (unpaired) electrons. The maximum absolute atomic E-state index is 5.96. The Balaban J connectivity index is 2.81. The van der Waals surface area contributed by atoms with Crippen molar-refractivity contribution in [1.82, 2.24) is 0 Å². The standard InChI is InChI=1S/C12H12Br3ClN2/c1-2-3-4-5-11(16)17-18-12-9(14)6-8(13)7-10(12)15/h5-7H,2-4H2,1H3/b11-5+,18-17?. The number of rotatable bonds is 5. The summed E-state index contributed by atoms with van der Waals surface area (Å²) in [7, 11) is 0. The van der Waals surface area contributed by atoms with E-state index in [1.807, 2.05) is 18.2 Å². The molecule has 0 saturated carbocycles. The van der Waals surface area contributed by atoms with Crippen LogP contribution in [0.4, 0.5) is 5.69 Å². The molecule has 0 heterocycles. The Morgan fingerprint density at radius 1 is 1.28 bits per heavy atom. The predicted molar refractivity (Wildman–Crippen MR) is 87.5 cm³/mol. The zero-order chi connectivity index (χ0) is 13.5. The van der Waals surface area contributed by atoms with E-state index < -0.39 is 0 Å². The molecule has 0 saturated heterocycles. The maximum Gasteiger partial charge on any atom is 0.147 e. The van der Waals surface area contributed by atoms with Crippen molar-refractivity contribution >= 4 is 65.1 Å². The fourth-order valence-electron chi connectivity index (χ4n) is 1.19. The van der Waals surface area contributed by atoms with Crippen molar-refractivity contribution in [2.45, 2.75) is 26.2 Å². The summed E-state index contributed by atoms with van der Waals surface area (Å²) in [5.41, 5.74) is 0.722. The van der Waals surface area contributed by atoms with Crippen LogP contribution in [0, 0.1) is 0 Å². The van der Waals surface area contributed by atoms with Crippen LogP contribution in [0.15, 0.2) is 47.0 Å². The van der Waals surface area contributed by atoms with Gasteiger partial charge in [-0.2, -0.15) is 0 Å². The predicted octanol–water partition coefficient (Wildman–Crippen LogP) is 7.33. The molecular formula is C12H12Br3ClN2. The van der Waals surface area contributed by atoms with Gasteiger partial charge in [0, 0.05) is 13.4 Å². The highest BCUT2D eigenvalue weighted by Gasteiger charge is 2.05. The number of halogens is 4. The lowest BCUT2D eigenvalue weighted by Crippen LogP contribution is -1.74. The largest absolute Gasteiger partial charge is 0.147 e. The molecule has 0 N–H and O–H groups in total. The van der Waals surface area contributed by atoms with E-state index in [2.05, 4.69) is 64.9 Å². The van der Waals surface area contributed by atoms with Crippen LogP contribution in [0.3, 0.4) is 0 Å². The van der Waals surface area contributed by atoms with Crippen molar-refractivity contribution < 1.29 is 0 Å². The lowest BCUT2D eigenvalue weighted by atomic mass is 10.2. The first-order valence-electron chi connectivity index (χ1n) is 5.46. The van der Waals surface area contributed by atoms with E-state index in [1.54, 1.807) is 0 Å². The van der Waals surface area contributed by atoms with Crippen molar-refractivity contribution in [3.8, 4) is 0 Å². The number of benzene rings is 1. The quantitative estimate of drug-likeness (QED) is 0.250. The molecule has 98 valence electrons. The minimum absolute atomic E-state index is 0.421. The number of unbranched alkanes of at least 4 members (excludes halogenated alkanes) is 2. The van der Waals surface area contributed by atoms with Crippen molar-refractivity contribution in [3.05, 3.63) is 36.8 Å². The molecule has 0 fully saturated rings. The molecule has 0 bridgehead atoms. The van der Waals surface area contributed by atoms with Gasteiger partial charge in [0.2, 0.25) is 0 Å². The highest BCUT2D eigenvalue weighted by molar-refractivity contribution is 9.11. The first kappa shape index (κ1) is 16.3. The van der Waals surface area contributed by atoms with Crippen LogP contribution in [0.1, 0.15) is 26.2 Å². The lowest BCUT2D eigenvalue weighted by Gasteiger charge is -2.01. The molecule has 18 heavy (non-hydrogen) atoms. The van der Waals surface area contributed by atoms with E-state index in [9.17, 15) is 0 Å². The van der Waals surface area contributed by atoms with Gasteiger partial charge < -0.3 is 0 Å². The van der Waals surface area contributed by atoms with Crippen molar-refractivity contribution in [2.24, 2.45) is 10.2 Å². The minimum atomic E-state index is 0.421. The molecule has 0 unspecified atom stereocenters. The number of hydrogen-bond acceptors (Lipinski definition) is 2. The molecule has 2 nitrogen and oxygen atoms in total. The van der Waals surface area contributed by atoms with E-state index in [0.29, 0.717) is 5.16 Å². The second-order valence-electron chi connectivity index (χ2n) is 3.59. The molecule has 1 aromatic rings. The molecule has 0 aliphatic heterocycles. The average Bonchev–Trinajstić information content (AvgIpc) is 2.27. The first-order chi connectivity index (χ1) is 8.54. The zero-order valence-electron chi connectivity index (χ0n) is 9.76. The molecule has 0 spiro atoms. The summed E-state index contributed by atoms with van der Waals surface area (Å²) >= 11 is 16.2. The highest BCUT2D eigenvalue weighted by atomic mass is 79.9. The SMILES string of the molecule is CCCC/C=C(\Cl)N=Nc1c(Br)cc(Br)cc1Br. The maximum atomic E-state index is 5.96. The van der Waals surface area contributed by atoms with Crippen LogP contribution in [0.25, 0.3) is 0 Å². The normalized spacial score (nSPS) is 12.4. The molecule has 0 aliphatic rings. The van der Waals surface area contributed by atoms with E-state index in [4.69, 9.17) is 11.6 Å². The lowest BCUT2D eigenvalue weighted by molar-refractivity contribution is 0.812. The fourth-order valence-corrected chi connectivity index (χ4v) is 3.76. The van der Waals surface area contributed by atoms with Crippen LogP contribution < -0.4 is 0 Å². The van der Waals surface area contributed by atoms with Gasteiger partial charge in [-0.25, -0.2) is 0 Å². The summed E-state index contributed by atoms with van der Waals surface area (Å²) in [4.78, 5) is 0. The molecule has 0 amide bonds. The molecule has 0 aliphatic carbocycles. The third-order valence-corrected chi connectivity index (χ3v) is 3.99. The second kappa shape index (κ2) is 8.46. The van der Waals surface area contributed by atoms with Gasteiger partial charge in [-0.1, -0.05) is 40.9 Å². The van der Waals surface area contributed by atoms with Gasteiger partial charge in [0.1, 0.15) is 10.8 Å². The molecule has 1 rings (SSSR count). The van der Waals surface area contributed by atoms with Gasteiger partial charge in [0.05, 0.1) is 0 Å². The molecule has 0 aromatic heterocycles. The van der Waals surface area contributed by atoms with Crippen LogP contribution in [0.2, 0.25) is 0 Å². The van der Waals surface area contributed by atoms with Gasteiger partial charge in [0.25, 0.3) is 0 Å². The van der Waals surface area contributed by atoms with Gasteiger partial charge in [-0.3, -0.25) is 0 Å². The van der Waals surface area contributed by atoms with Crippen molar-refractivity contribution in [2.75, 3.05) is 0 Å². The van der Waals surface area contributed by atoms with Gasteiger partial charge in [-0.15, -0.1) is 10.2 Å². The smallest absolute Gasteiger partial charge is 0.147 e. The van der Waals surface area contributed by atoms with Crippen molar-refractivity contribution in [3.63, 3.8) is 0 Å². The Hall–Kier alpha value is 0.290. The Bertz CT molecular complexity index is 449. The summed E-state index contributed by atoms with van der Waals surface area (Å²) in [6.45, 7) is 2.14. The summed E-state index contributed by atoms with van der Waals surface area (Å²) in [6, 6.07) is 3.82.